The van der Waals surface area contributed by atoms with E-state index in [0.717, 1.165) is 0 Å². The predicted octanol–water partition coefficient (Wildman–Crippen LogP) is 0.944. The molecule has 0 aliphatic heterocycles. The van der Waals surface area contributed by atoms with Crippen LogP contribution in [0.15, 0.2) is 0 Å². The molecule has 0 aromatic rings. The number of nitrogens with zero attached hydrogens (tertiary/aromatic N) is 1. The van der Waals surface area contributed by atoms with Crippen LogP contribution in [0.5, 0.6) is 0 Å². The molecule has 0 bridgehead atoms. The Morgan fingerprint density at radius 1 is 1.29 bits per heavy atom. The number of carbonyl (C=O) groups is 2. The number of aliphatic carboxylic acids is 1. The third-order valence-electron chi connectivity index (χ3n) is 2.84. The van der Waals surface area contributed by atoms with Gasteiger partial charge in [-0.15, -0.1) is 0 Å². The maximum absolute atomic E-state index is 11.7. The summed E-state index contributed by atoms with van der Waals surface area (Å²) in [6.07, 6.45) is 0.0703. The molecule has 17 heavy (non-hydrogen) atoms. The third kappa shape index (κ3) is 7.74. The van der Waals surface area contributed by atoms with Gasteiger partial charge in [0.15, 0.2) is 0 Å². The molecule has 0 aromatic heterocycles. The summed E-state index contributed by atoms with van der Waals surface area (Å²) in [5.41, 5.74) is 0. The second kappa shape index (κ2) is 8.06. The van der Waals surface area contributed by atoms with E-state index in [9.17, 15) is 9.59 Å². The van der Waals surface area contributed by atoms with E-state index >= 15 is 0 Å². The van der Waals surface area contributed by atoms with Crippen molar-refractivity contribution in [1.82, 2.24) is 10.2 Å². The fourth-order valence-corrected chi connectivity index (χ4v) is 1.27. The number of hydrogen-bond donors (Lipinski definition) is 2. The molecular formula is C12H24N2O3. The summed E-state index contributed by atoms with van der Waals surface area (Å²) in [5.74, 6) is -0.481. The van der Waals surface area contributed by atoms with Crippen LogP contribution in [0.3, 0.4) is 0 Å². The van der Waals surface area contributed by atoms with Crippen LogP contribution in [0, 0.1) is 5.92 Å². The molecule has 0 aliphatic carbocycles. The van der Waals surface area contributed by atoms with E-state index in [2.05, 4.69) is 5.32 Å². The van der Waals surface area contributed by atoms with E-state index in [1.165, 1.54) is 0 Å². The van der Waals surface area contributed by atoms with Crippen molar-refractivity contribution >= 4 is 11.9 Å². The Morgan fingerprint density at radius 2 is 1.88 bits per heavy atom. The van der Waals surface area contributed by atoms with Crippen LogP contribution in [0.4, 0.5) is 0 Å². The molecule has 0 aliphatic rings. The Labute approximate surface area is 103 Å². The summed E-state index contributed by atoms with van der Waals surface area (Å²) in [6.45, 7) is 9.34. The zero-order chi connectivity index (χ0) is 13.4. The van der Waals surface area contributed by atoms with E-state index < -0.39 is 5.97 Å². The Kier molecular flexibility index (Phi) is 7.54. The molecular weight excluding hydrogens is 220 g/mol. The molecule has 5 nitrogen and oxygen atoms in total. The summed E-state index contributed by atoms with van der Waals surface area (Å²) in [6, 6.07) is 0.140. The van der Waals surface area contributed by atoms with Gasteiger partial charge in [0.1, 0.15) is 0 Å². The van der Waals surface area contributed by atoms with Crippen LogP contribution < -0.4 is 5.32 Å². The lowest BCUT2D eigenvalue weighted by Crippen LogP contribution is -2.43. The number of amides is 1. The Morgan fingerprint density at radius 3 is 2.29 bits per heavy atom. The first-order chi connectivity index (χ1) is 7.86. The average Bonchev–Trinajstić information content (AvgIpc) is 2.23. The highest BCUT2D eigenvalue weighted by Crippen LogP contribution is 2.00. The van der Waals surface area contributed by atoms with Crippen LogP contribution in [0.1, 0.15) is 34.1 Å². The number of likely N-dealkylation sites (N-methyl/N-ethyl adjacent to an activating group) is 1. The van der Waals surface area contributed by atoms with Crippen molar-refractivity contribution in [2.24, 2.45) is 5.92 Å². The molecule has 0 aromatic carbocycles. The maximum atomic E-state index is 11.7. The SMILES string of the molecule is CCN(CCC(=O)O)CC(=O)NC(C)C(C)C. The molecule has 0 spiro atoms. The van der Waals surface area contributed by atoms with Crippen LogP contribution >= 0.6 is 0 Å². The molecule has 2 N–H and O–H groups in total. The maximum Gasteiger partial charge on any atom is 0.304 e. The highest BCUT2D eigenvalue weighted by Gasteiger charge is 2.14. The van der Waals surface area contributed by atoms with Gasteiger partial charge in [-0.3, -0.25) is 14.5 Å². The minimum Gasteiger partial charge on any atom is -0.481 e. The molecule has 1 atom stereocenters. The topological polar surface area (TPSA) is 69.6 Å². The normalized spacial score (nSPS) is 12.8. The van der Waals surface area contributed by atoms with Crippen molar-refractivity contribution in [2.75, 3.05) is 19.6 Å². The zero-order valence-electron chi connectivity index (χ0n) is 11.2. The van der Waals surface area contributed by atoms with Gasteiger partial charge >= 0.3 is 5.97 Å². The molecule has 0 radical (unpaired) electrons. The van der Waals surface area contributed by atoms with E-state index in [1.54, 1.807) is 0 Å². The lowest BCUT2D eigenvalue weighted by Gasteiger charge is -2.22. The molecule has 100 valence electrons. The zero-order valence-corrected chi connectivity index (χ0v) is 11.2. The van der Waals surface area contributed by atoms with Crippen molar-refractivity contribution in [2.45, 2.75) is 40.2 Å². The van der Waals surface area contributed by atoms with Gasteiger partial charge in [0.05, 0.1) is 13.0 Å². The summed E-state index contributed by atoms with van der Waals surface area (Å²) in [7, 11) is 0. The highest BCUT2D eigenvalue weighted by atomic mass is 16.4. The van der Waals surface area contributed by atoms with Crippen LogP contribution in [0.2, 0.25) is 0 Å². The average molecular weight is 244 g/mol. The van der Waals surface area contributed by atoms with Crippen LogP contribution in [-0.2, 0) is 9.59 Å². The number of rotatable bonds is 8. The lowest BCUT2D eigenvalue weighted by molar-refractivity contribution is -0.137. The summed E-state index contributed by atoms with van der Waals surface area (Å²) >= 11 is 0. The standard InChI is InChI=1S/C12H24N2O3/c1-5-14(7-6-12(16)17)8-11(15)13-10(4)9(2)3/h9-10H,5-8H2,1-4H3,(H,13,15)(H,16,17). The van der Waals surface area contributed by atoms with Gasteiger partial charge in [-0.1, -0.05) is 20.8 Å². The van der Waals surface area contributed by atoms with Gasteiger partial charge in [0.2, 0.25) is 5.91 Å². The number of nitrogens with one attached hydrogen (secondary N) is 1. The molecule has 0 heterocycles. The van der Waals surface area contributed by atoms with Gasteiger partial charge in [0.25, 0.3) is 0 Å². The lowest BCUT2D eigenvalue weighted by atomic mass is 10.1. The molecule has 1 amide bonds. The number of carboxylic acids is 1. The Hall–Kier alpha value is -1.10. The van der Waals surface area contributed by atoms with Crippen molar-refractivity contribution in [3.63, 3.8) is 0 Å². The summed E-state index contributed by atoms with van der Waals surface area (Å²) in [4.78, 5) is 23.9. The van der Waals surface area contributed by atoms with E-state index in [-0.39, 0.29) is 24.9 Å². The molecule has 5 heteroatoms. The van der Waals surface area contributed by atoms with Crippen LogP contribution in [-0.4, -0.2) is 47.6 Å². The monoisotopic (exact) mass is 244 g/mol. The third-order valence-corrected chi connectivity index (χ3v) is 2.84. The van der Waals surface area contributed by atoms with E-state index in [0.29, 0.717) is 19.0 Å². The molecule has 0 saturated carbocycles. The minimum absolute atomic E-state index is 0.0431. The summed E-state index contributed by atoms with van der Waals surface area (Å²) in [5, 5.41) is 11.5. The number of carbonyl (C=O) groups excluding carboxylic acids is 1. The van der Waals surface area contributed by atoms with Gasteiger partial charge in [0, 0.05) is 12.6 Å². The first-order valence-corrected chi connectivity index (χ1v) is 6.10. The minimum atomic E-state index is -0.834. The van der Waals surface area contributed by atoms with Gasteiger partial charge in [-0.25, -0.2) is 0 Å². The van der Waals surface area contributed by atoms with Crippen molar-refractivity contribution in [3.05, 3.63) is 0 Å². The van der Waals surface area contributed by atoms with E-state index in [1.807, 2.05) is 32.6 Å². The van der Waals surface area contributed by atoms with Gasteiger partial charge in [-0.05, 0) is 19.4 Å². The van der Waals surface area contributed by atoms with Crippen molar-refractivity contribution < 1.29 is 14.7 Å². The second-order valence-electron chi connectivity index (χ2n) is 4.61. The van der Waals surface area contributed by atoms with Crippen LogP contribution in [0.25, 0.3) is 0 Å². The second-order valence-corrected chi connectivity index (χ2v) is 4.61. The Balaban J connectivity index is 4.01. The fraction of sp³-hybridized carbons (Fsp3) is 0.833. The molecule has 0 rings (SSSR count). The largest absolute Gasteiger partial charge is 0.481 e. The summed E-state index contributed by atoms with van der Waals surface area (Å²) < 4.78 is 0. The molecule has 1 unspecified atom stereocenters. The molecule has 0 saturated heterocycles. The van der Waals surface area contributed by atoms with Gasteiger partial charge in [-0.2, -0.15) is 0 Å². The smallest absolute Gasteiger partial charge is 0.304 e. The fourth-order valence-electron chi connectivity index (χ4n) is 1.27. The number of carboxylic acid groups (broad SMARTS) is 1. The van der Waals surface area contributed by atoms with Crippen molar-refractivity contribution in [3.8, 4) is 0 Å². The predicted molar refractivity (Wildman–Crippen MR) is 66.8 cm³/mol. The Bertz CT molecular complexity index is 254. The van der Waals surface area contributed by atoms with Gasteiger partial charge < -0.3 is 10.4 Å². The highest BCUT2D eigenvalue weighted by molar-refractivity contribution is 5.78. The molecule has 0 fully saturated rings. The quantitative estimate of drug-likeness (QED) is 0.667. The van der Waals surface area contributed by atoms with Crippen molar-refractivity contribution in [1.29, 1.82) is 0 Å². The van der Waals surface area contributed by atoms with E-state index in [4.69, 9.17) is 5.11 Å². The number of hydrogen-bond acceptors (Lipinski definition) is 3. The first kappa shape index (κ1) is 15.9. The first-order valence-electron chi connectivity index (χ1n) is 6.10.